The molecule has 1 aliphatic heterocycles. The number of ether oxygens (including phenoxy) is 1. The molecule has 2 aromatic rings. The first kappa shape index (κ1) is 18.9. The molecule has 0 unspecified atom stereocenters. The average molecular weight is 370 g/mol. The Hall–Kier alpha value is -2.87. The van der Waals surface area contributed by atoms with E-state index in [1.807, 2.05) is 43.3 Å². The standard InChI is InChI=1S/C19H26N6O2/c1-14-22-24(3)25(23-14)17-11-12-18(26-4)16(13-17)9-7-5-6-8-10-19-21-20-15(2)27-19/h7,9,11-13H,5-6,8,10H2,1-4H3,(H,22,23)/b9-7+. The maximum absolute atomic E-state index is 5.49. The Morgan fingerprint density at radius 1 is 1.22 bits per heavy atom. The molecule has 0 radical (unpaired) electrons. The van der Waals surface area contributed by atoms with Crippen LogP contribution in [0.4, 0.5) is 5.69 Å². The third-order valence-corrected chi connectivity index (χ3v) is 4.17. The summed E-state index contributed by atoms with van der Waals surface area (Å²) in [5, 5.41) is 16.0. The van der Waals surface area contributed by atoms with Gasteiger partial charge in [0, 0.05) is 26.0 Å². The molecule has 1 aliphatic rings. The van der Waals surface area contributed by atoms with E-state index in [9.17, 15) is 0 Å². The molecule has 0 aliphatic carbocycles. The van der Waals surface area contributed by atoms with Crippen LogP contribution < -0.4 is 15.3 Å². The monoisotopic (exact) mass is 370 g/mol. The number of benzene rings is 1. The number of allylic oxidation sites excluding steroid dienone is 1. The van der Waals surface area contributed by atoms with Crippen LogP contribution in [0.15, 0.2) is 33.8 Å². The number of aryl methyl sites for hydroxylation is 2. The van der Waals surface area contributed by atoms with E-state index in [0.29, 0.717) is 11.8 Å². The lowest BCUT2D eigenvalue weighted by molar-refractivity contribution is 0.295. The molecule has 1 aromatic heterocycles. The number of hydrazine groups is 2. The first-order valence-electron chi connectivity index (χ1n) is 9.06. The van der Waals surface area contributed by atoms with Crippen LogP contribution in [0.2, 0.25) is 0 Å². The van der Waals surface area contributed by atoms with Crippen LogP contribution in [-0.4, -0.2) is 35.3 Å². The second-order valence-corrected chi connectivity index (χ2v) is 6.40. The first-order chi connectivity index (χ1) is 13.1. The van der Waals surface area contributed by atoms with Crippen molar-refractivity contribution in [2.45, 2.75) is 39.5 Å². The molecule has 8 heteroatoms. The van der Waals surface area contributed by atoms with Crippen molar-refractivity contribution >= 4 is 17.6 Å². The van der Waals surface area contributed by atoms with Gasteiger partial charge in [-0.2, -0.15) is 5.12 Å². The van der Waals surface area contributed by atoms with Gasteiger partial charge in [-0.25, -0.2) is 0 Å². The van der Waals surface area contributed by atoms with Crippen LogP contribution in [0.25, 0.3) is 6.08 Å². The maximum atomic E-state index is 5.49. The Bertz CT molecular complexity index is 829. The lowest BCUT2D eigenvalue weighted by Crippen LogP contribution is -2.40. The van der Waals surface area contributed by atoms with E-state index in [0.717, 1.165) is 48.5 Å². The van der Waals surface area contributed by atoms with Crippen molar-refractivity contribution in [2.24, 2.45) is 5.10 Å². The number of hydrogen-bond donors (Lipinski definition) is 1. The summed E-state index contributed by atoms with van der Waals surface area (Å²) in [4.78, 5) is 0. The van der Waals surface area contributed by atoms with Crippen molar-refractivity contribution in [3.8, 4) is 5.75 Å². The Balaban J connectivity index is 1.57. The number of nitrogens with zero attached hydrogens (tertiary/aromatic N) is 5. The highest BCUT2D eigenvalue weighted by atomic mass is 16.5. The summed E-state index contributed by atoms with van der Waals surface area (Å²) in [5.41, 5.74) is 5.13. The maximum Gasteiger partial charge on any atom is 0.216 e. The van der Waals surface area contributed by atoms with Gasteiger partial charge in [0.1, 0.15) is 11.6 Å². The van der Waals surface area contributed by atoms with Gasteiger partial charge in [-0.1, -0.05) is 12.2 Å². The minimum Gasteiger partial charge on any atom is -0.496 e. The van der Waals surface area contributed by atoms with E-state index in [1.54, 1.807) is 7.11 Å². The highest BCUT2D eigenvalue weighted by Gasteiger charge is 2.19. The lowest BCUT2D eigenvalue weighted by atomic mass is 10.1. The number of methoxy groups -OCH3 is 1. The summed E-state index contributed by atoms with van der Waals surface area (Å²) in [6.45, 7) is 3.74. The summed E-state index contributed by atoms with van der Waals surface area (Å²) < 4.78 is 10.9. The fraction of sp³-hybridized carbons (Fsp3) is 0.421. The van der Waals surface area contributed by atoms with Crippen molar-refractivity contribution in [3.05, 3.63) is 41.6 Å². The number of aromatic nitrogens is 2. The van der Waals surface area contributed by atoms with Gasteiger partial charge >= 0.3 is 0 Å². The van der Waals surface area contributed by atoms with Crippen molar-refractivity contribution in [2.75, 3.05) is 19.3 Å². The van der Waals surface area contributed by atoms with Crippen LogP contribution in [0.5, 0.6) is 5.75 Å². The van der Waals surface area contributed by atoms with Crippen LogP contribution in [0.3, 0.4) is 0 Å². The Morgan fingerprint density at radius 3 is 2.74 bits per heavy atom. The summed E-state index contributed by atoms with van der Waals surface area (Å²) >= 11 is 0. The van der Waals surface area contributed by atoms with Gasteiger partial charge in [0.15, 0.2) is 0 Å². The summed E-state index contributed by atoms with van der Waals surface area (Å²) in [6.07, 6.45) is 8.13. The van der Waals surface area contributed by atoms with E-state index in [1.165, 1.54) is 0 Å². The van der Waals surface area contributed by atoms with E-state index < -0.39 is 0 Å². The molecular weight excluding hydrogens is 344 g/mol. The smallest absolute Gasteiger partial charge is 0.216 e. The fourth-order valence-corrected chi connectivity index (χ4v) is 2.91. The van der Waals surface area contributed by atoms with Gasteiger partial charge in [0.05, 0.1) is 12.8 Å². The SMILES string of the molecule is COc1ccc(N2N=C(C)NN2C)cc1/C=C/CCCCc1nnc(C)o1. The molecule has 1 aromatic carbocycles. The topological polar surface area (TPSA) is 79.0 Å². The van der Waals surface area contributed by atoms with Crippen LogP contribution in [-0.2, 0) is 6.42 Å². The first-order valence-corrected chi connectivity index (χ1v) is 9.06. The Labute approximate surface area is 159 Å². The molecule has 1 N–H and O–H groups in total. The fourth-order valence-electron chi connectivity index (χ4n) is 2.91. The highest BCUT2D eigenvalue weighted by molar-refractivity contribution is 5.82. The number of nitrogens with one attached hydrogen (secondary N) is 1. The third kappa shape index (κ3) is 4.85. The van der Waals surface area contributed by atoms with E-state index in [-0.39, 0.29) is 0 Å². The lowest BCUT2D eigenvalue weighted by Gasteiger charge is -2.22. The number of amidine groups is 1. The zero-order valence-corrected chi connectivity index (χ0v) is 16.3. The van der Waals surface area contributed by atoms with Crippen LogP contribution in [0.1, 0.15) is 43.5 Å². The zero-order valence-electron chi connectivity index (χ0n) is 16.3. The van der Waals surface area contributed by atoms with Crippen LogP contribution >= 0.6 is 0 Å². The molecule has 144 valence electrons. The van der Waals surface area contributed by atoms with Crippen molar-refractivity contribution in [1.29, 1.82) is 0 Å². The Morgan fingerprint density at radius 2 is 2.07 bits per heavy atom. The van der Waals surface area contributed by atoms with Gasteiger partial charge < -0.3 is 9.15 Å². The van der Waals surface area contributed by atoms with E-state index in [2.05, 4.69) is 38.9 Å². The average Bonchev–Trinajstić information content (AvgIpc) is 3.22. The Kier molecular flexibility index (Phi) is 6.08. The zero-order chi connectivity index (χ0) is 19.2. The number of hydrazone groups is 1. The van der Waals surface area contributed by atoms with Crippen molar-refractivity contribution in [1.82, 2.24) is 20.7 Å². The van der Waals surface area contributed by atoms with Gasteiger partial charge in [-0.15, -0.1) is 20.4 Å². The molecule has 0 amide bonds. The van der Waals surface area contributed by atoms with Gasteiger partial charge in [-0.3, -0.25) is 5.43 Å². The highest BCUT2D eigenvalue weighted by Crippen LogP contribution is 2.28. The number of anilines is 1. The van der Waals surface area contributed by atoms with Crippen molar-refractivity contribution in [3.63, 3.8) is 0 Å². The molecule has 8 nitrogen and oxygen atoms in total. The predicted molar refractivity (Wildman–Crippen MR) is 105 cm³/mol. The second kappa shape index (κ2) is 8.68. The molecule has 0 atom stereocenters. The molecule has 0 saturated heterocycles. The van der Waals surface area contributed by atoms with Gasteiger partial charge in [-0.05, 0) is 44.4 Å². The summed E-state index contributed by atoms with van der Waals surface area (Å²) in [7, 11) is 3.61. The largest absolute Gasteiger partial charge is 0.496 e. The van der Waals surface area contributed by atoms with E-state index in [4.69, 9.17) is 9.15 Å². The number of unbranched alkanes of at least 4 members (excludes halogenated alkanes) is 2. The molecule has 2 heterocycles. The molecule has 0 fully saturated rings. The molecule has 0 bridgehead atoms. The van der Waals surface area contributed by atoms with Gasteiger partial charge in [0.25, 0.3) is 0 Å². The summed E-state index contributed by atoms with van der Waals surface area (Å²) in [5.74, 6) is 3.02. The van der Waals surface area contributed by atoms with Crippen molar-refractivity contribution < 1.29 is 9.15 Å². The number of rotatable bonds is 8. The van der Waals surface area contributed by atoms with Crippen LogP contribution in [0, 0.1) is 6.92 Å². The van der Waals surface area contributed by atoms with E-state index >= 15 is 0 Å². The minimum atomic E-state index is 0.621. The predicted octanol–water partition coefficient (Wildman–Crippen LogP) is 3.32. The molecule has 0 spiro atoms. The molecule has 0 saturated carbocycles. The second-order valence-electron chi connectivity index (χ2n) is 6.40. The normalized spacial score (nSPS) is 14.7. The number of hydrogen-bond acceptors (Lipinski definition) is 8. The molecule has 27 heavy (non-hydrogen) atoms. The molecular formula is C19H26N6O2. The van der Waals surface area contributed by atoms with Gasteiger partial charge in [0.2, 0.25) is 11.8 Å². The summed E-state index contributed by atoms with van der Waals surface area (Å²) in [6, 6.07) is 6.02. The minimum absolute atomic E-state index is 0.621. The quantitative estimate of drug-likeness (QED) is 0.714. The molecule has 3 rings (SSSR count). The third-order valence-electron chi connectivity index (χ3n) is 4.17.